The van der Waals surface area contributed by atoms with Crippen molar-refractivity contribution in [2.45, 2.75) is 50.4 Å². The predicted octanol–water partition coefficient (Wildman–Crippen LogP) is 5.19. The van der Waals surface area contributed by atoms with Gasteiger partial charge in [-0.15, -0.1) is 0 Å². The van der Waals surface area contributed by atoms with Crippen LogP contribution in [0.4, 0.5) is 5.82 Å². The average Bonchev–Trinajstić information content (AvgIpc) is 2.73. The number of benzene rings is 1. The molecular weight excluding hydrogens is 404 g/mol. The lowest BCUT2D eigenvalue weighted by atomic mass is 9.99. The number of piperidine rings is 1. The SMILES string of the molecule is CCCCNC(=O)c1cccc(CSc2nc(Cl)cc(N3CCC(C)CC3)n2)c1. The Morgan fingerprint density at radius 3 is 2.83 bits per heavy atom. The van der Waals surface area contributed by atoms with Crippen LogP contribution in [0.2, 0.25) is 5.15 Å². The van der Waals surface area contributed by atoms with Gasteiger partial charge in [0, 0.05) is 37.0 Å². The molecule has 7 heteroatoms. The minimum absolute atomic E-state index is 0.0223. The average molecular weight is 433 g/mol. The van der Waals surface area contributed by atoms with Crippen molar-refractivity contribution in [2.75, 3.05) is 24.5 Å². The van der Waals surface area contributed by atoms with E-state index in [9.17, 15) is 4.79 Å². The summed E-state index contributed by atoms with van der Waals surface area (Å²) < 4.78 is 0. The van der Waals surface area contributed by atoms with Crippen LogP contribution in [-0.4, -0.2) is 35.5 Å². The Labute approximate surface area is 182 Å². The number of anilines is 1. The smallest absolute Gasteiger partial charge is 0.251 e. The molecule has 3 rings (SSSR count). The molecule has 0 atom stereocenters. The number of thioether (sulfide) groups is 1. The standard InChI is InChI=1S/C22H29ClN4OS/c1-3-4-10-24-21(28)18-7-5-6-17(13-18)15-29-22-25-19(23)14-20(26-22)27-11-8-16(2)9-12-27/h5-7,13-14,16H,3-4,8-12,15H2,1-2H3,(H,24,28). The number of carbonyl (C=O) groups excluding carboxylic acids is 1. The van der Waals surface area contributed by atoms with Crippen LogP contribution in [0.5, 0.6) is 0 Å². The summed E-state index contributed by atoms with van der Waals surface area (Å²) in [5.74, 6) is 2.34. The van der Waals surface area contributed by atoms with Gasteiger partial charge in [0.05, 0.1) is 0 Å². The third kappa shape index (κ3) is 6.61. The number of nitrogens with zero attached hydrogens (tertiary/aromatic N) is 3. The van der Waals surface area contributed by atoms with Crippen molar-refractivity contribution in [1.82, 2.24) is 15.3 Å². The molecule has 1 fully saturated rings. The number of halogens is 1. The van der Waals surface area contributed by atoms with Gasteiger partial charge in [-0.1, -0.05) is 55.8 Å². The van der Waals surface area contributed by atoms with Crippen molar-refractivity contribution < 1.29 is 4.79 Å². The van der Waals surface area contributed by atoms with Crippen molar-refractivity contribution in [1.29, 1.82) is 0 Å². The van der Waals surface area contributed by atoms with Gasteiger partial charge in [0.2, 0.25) is 0 Å². The second-order valence-electron chi connectivity index (χ2n) is 7.60. The zero-order chi connectivity index (χ0) is 20.6. The van der Waals surface area contributed by atoms with Crippen LogP contribution in [0.1, 0.15) is 55.5 Å². The van der Waals surface area contributed by atoms with Crippen LogP contribution in [0, 0.1) is 5.92 Å². The molecule has 5 nitrogen and oxygen atoms in total. The summed E-state index contributed by atoms with van der Waals surface area (Å²) in [6.45, 7) is 7.13. The number of hydrogen-bond donors (Lipinski definition) is 1. The van der Waals surface area contributed by atoms with Crippen molar-refractivity contribution in [2.24, 2.45) is 5.92 Å². The fraction of sp³-hybridized carbons (Fsp3) is 0.500. The van der Waals surface area contributed by atoms with Gasteiger partial charge in [-0.3, -0.25) is 4.79 Å². The topological polar surface area (TPSA) is 58.1 Å². The van der Waals surface area contributed by atoms with Gasteiger partial charge in [-0.05, 0) is 42.9 Å². The fourth-order valence-electron chi connectivity index (χ4n) is 3.28. The Hall–Kier alpha value is -1.79. The lowest BCUT2D eigenvalue weighted by Gasteiger charge is -2.31. The first-order valence-electron chi connectivity index (χ1n) is 10.3. The largest absolute Gasteiger partial charge is 0.356 e. The Bertz CT molecular complexity index is 824. The van der Waals surface area contributed by atoms with Crippen LogP contribution >= 0.6 is 23.4 Å². The summed E-state index contributed by atoms with van der Waals surface area (Å²) >= 11 is 7.81. The van der Waals surface area contributed by atoms with Crippen molar-refractivity contribution in [3.05, 3.63) is 46.6 Å². The summed E-state index contributed by atoms with van der Waals surface area (Å²) in [6.07, 6.45) is 4.41. The molecule has 156 valence electrons. The van der Waals surface area contributed by atoms with Gasteiger partial charge in [0.1, 0.15) is 11.0 Å². The van der Waals surface area contributed by atoms with E-state index in [1.165, 1.54) is 12.8 Å². The normalized spacial score (nSPS) is 14.8. The second-order valence-corrected chi connectivity index (χ2v) is 8.93. The number of hydrogen-bond acceptors (Lipinski definition) is 5. The van der Waals surface area contributed by atoms with E-state index in [-0.39, 0.29) is 5.91 Å². The van der Waals surface area contributed by atoms with Crippen molar-refractivity contribution in [3.63, 3.8) is 0 Å². The number of carbonyl (C=O) groups is 1. The molecule has 0 aliphatic carbocycles. The van der Waals surface area contributed by atoms with E-state index < -0.39 is 0 Å². The van der Waals surface area contributed by atoms with Crippen LogP contribution < -0.4 is 10.2 Å². The molecule has 0 unspecified atom stereocenters. The molecule has 1 aromatic heterocycles. The zero-order valence-corrected chi connectivity index (χ0v) is 18.7. The lowest BCUT2D eigenvalue weighted by Crippen LogP contribution is -2.33. The van der Waals surface area contributed by atoms with E-state index in [0.29, 0.717) is 28.2 Å². The Morgan fingerprint density at radius 2 is 2.07 bits per heavy atom. The zero-order valence-electron chi connectivity index (χ0n) is 17.2. The fourth-order valence-corrected chi connectivity index (χ4v) is 4.30. The van der Waals surface area contributed by atoms with E-state index in [2.05, 4.69) is 29.0 Å². The minimum Gasteiger partial charge on any atom is -0.356 e. The van der Waals surface area contributed by atoms with Crippen LogP contribution in [0.15, 0.2) is 35.5 Å². The third-order valence-corrected chi connectivity index (χ3v) is 6.25. The molecule has 2 aromatic rings. The van der Waals surface area contributed by atoms with Crippen molar-refractivity contribution >= 4 is 35.1 Å². The molecule has 1 saturated heterocycles. The highest BCUT2D eigenvalue weighted by Crippen LogP contribution is 2.27. The van der Waals surface area contributed by atoms with Gasteiger partial charge in [-0.2, -0.15) is 0 Å². The van der Waals surface area contributed by atoms with Gasteiger partial charge < -0.3 is 10.2 Å². The number of unbranched alkanes of at least 4 members (excludes halogenated alkanes) is 1. The molecule has 1 aliphatic heterocycles. The Morgan fingerprint density at radius 1 is 1.28 bits per heavy atom. The minimum atomic E-state index is -0.0223. The van der Waals surface area contributed by atoms with E-state index >= 15 is 0 Å². The maximum absolute atomic E-state index is 12.3. The lowest BCUT2D eigenvalue weighted by molar-refractivity contribution is 0.0953. The molecule has 0 radical (unpaired) electrons. The highest BCUT2D eigenvalue weighted by molar-refractivity contribution is 7.98. The molecule has 0 spiro atoms. The van der Waals surface area contributed by atoms with Gasteiger partial charge in [-0.25, -0.2) is 9.97 Å². The molecule has 29 heavy (non-hydrogen) atoms. The molecule has 0 bridgehead atoms. The monoisotopic (exact) mass is 432 g/mol. The highest BCUT2D eigenvalue weighted by atomic mass is 35.5. The highest BCUT2D eigenvalue weighted by Gasteiger charge is 2.18. The first kappa shape index (κ1) is 21.9. The summed E-state index contributed by atoms with van der Waals surface area (Å²) in [7, 11) is 0. The summed E-state index contributed by atoms with van der Waals surface area (Å²) in [5, 5.41) is 4.10. The molecule has 1 aliphatic rings. The van der Waals surface area contributed by atoms with Crippen LogP contribution in [-0.2, 0) is 5.75 Å². The summed E-state index contributed by atoms with van der Waals surface area (Å²) in [4.78, 5) is 23.7. The molecule has 0 saturated carbocycles. The molecular formula is C22H29ClN4OS. The number of amides is 1. The molecule has 2 heterocycles. The number of aromatic nitrogens is 2. The summed E-state index contributed by atoms with van der Waals surface area (Å²) in [6, 6.07) is 9.58. The second kappa shape index (κ2) is 10.8. The van der Waals surface area contributed by atoms with E-state index in [1.807, 2.05) is 30.3 Å². The first-order valence-corrected chi connectivity index (χ1v) is 11.7. The van der Waals surface area contributed by atoms with E-state index in [4.69, 9.17) is 16.6 Å². The van der Waals surface area contributed by atoms with Crippen LogP contribution in [0.25, 0.3) is 0 Å². The Kier molecular flexibility index (Phi) is 8.19. The van der Waals surface area contributed by atoms with Gasteiger partial charge >= 0.3 is 0 Å². The van der Waals surface area contributed by atoms with Gasteiger partial charge in [0.15, 0.2) is 5.16 Å². The number of rotatable bonds is 8. The van der Waals surface area contributed by atoms with E-state index in [1.54, 1.807) is 11.8 Å². The molecule has 1 aromatic carbocycles. The predicted molar refractivity (Wildman–Crippen MR) is 121 cm³/mol. The van der Waals surface area contributed by atoms with Crippen molar-refractivity contribution in [3.8, 4) is 0 Å². The Balaban J connectivity index is 1.62. The molecule has 1 amide bonds. The summed E-state index contributed by atoms with van der Waals surface area (Å²) in [5.41, 5.74) is 1.75. The third-order valence-electron chi connectivity index (χ3n) is 5.14. The van der Waals surface area contributed by atoms with E-state index in [0.717, 1.165) is 43.2 Å². The van der Waals surface area contributed by atoms with Gasteiger partial charge in [0.25, 0.3) is 5.91 Å². The quantitative estimate of drug-likeness (QED) is 0.269. The van der Waals surface area contributed by atoms with Crippen LogP contribution in [0.3, 0.4) is 0 Å². The number of nitrogens with one attached hydrogen (secondary N) is 1. The first-order chi connectivity index (χ1) is 14.0. The maximum atomic E-state index is 12.3. The molecule has 1 N–H and O–H groups in total. The maximum Gasteiger partial charge on any atom is 0.251 e.